The molecule has 226 valence electrons. The number of hydrogen-bond acceptors (Lipinski definition) is 4. The highest BCUT2D eigenvalue weighted by atomic mass is 19.4. The van der Waals surface area contributed by atoms with E-state index in [1.54, 1.807) is 23.3 Å². The number of alkyl halides is 6. The summed E-state index contributed by atoms with van der Waals surface area (Å²) in [6.07, 6.45) is -4.29. The lowest BCUT2D eigenvalue weighted by molar-refractivity contribution is -0.143. The zero-order chi connectivity index (χ0) is 30.5. The van der Waals surface area contributed by atoms with E-state index < -0.39 is 35.0 Å². The predicted octanol–water partition coefficient (Wildman–Crippen LogP) is 8.00. The second kappa shape index (κ2) is 12.9. The van der Waals surface area contributed by atoms with Gasteiger partial charge >= 0.3 is 12.4 Å². The predicted molar refractivity (Wildman–Crippen MR) is 145 cm³/mol. The number of amides is 2. The topological polar surface area (TPSA) is 65.8 Å². The first kappa shape index (κ1) is 31.0. The van der Waals surface area contributed by atoms with Gasteiger partial charge in [-0.25, -0.2) is 0 Å². The number of carbonyl (C=O) groups excluding carboxylic acids is 2. The number of halogens is 6. The SMILES string of the molecule is CCCCN(Cc1ccco1)c1ccc(NC(=O)c2cc(C(F)(F)F)cc(C(F)(F)F)c2)cc1C(=O)N1CCCCC1. The van der Waals surface area contributed by atoms with Gasteiger partial charge in [-0.05, 0) is 74.2 Å². The maximum absolute atomic E-state index is 13.7. The smallest absolute Gasteiger partial charge is 0.416 e. The third kappa shape index (κ3) is 7.65. The molecule has 0 saturated carbocycles. The van der Waals surface area contributed by atoms with Crippen molar-refractivity contribution in [2.24, 2.45) is 0 Å². The van der Waals surface area contributed by atoms with Crippen LogP contribution < -0.4 is 10.2 Å². The van der Waals surface area contributed by atoms with Crippen LogP contribution in [-0.2, 0) is 18.9 Å². The van der Waals surface area contributed by atoms with E-state index in [2.05, 4.69) is 5.32 Å². The molecule has 0 spiro atoms. The number of unbranched alkanes of at least 4 members (excludes halogenated alkanes) is 1. The number of furan rings is 1. The Kier molecular flexibility index (Phi) is 9.53. The number of rotatable bonds is 9. The van der Waals surface area contributed by atoms with E-state index in [0.717, 1.165) is 32.1 Å². The maximum atomic E-state index is 13.7. The van der Waals surface area contributed by atoms with Crippen LogP contribution in [0.1, 0.15) is 76.6 Å². The molecule has 4 rings (SSSR count). The van der Waals surface area contributed by atoms with Crippen LogP contribution >= 0.6 is 0 Å². The summed E-state index contributed by atoms with van der Waals surface area (Å²) in [5, 5.41) is 2.39. The molecule has 3 aromatic rings. The first-order valence-electron chi connectivity index (χ1n) is 13.7. The molecule has 0 bridgehead atoms. The van der Waals surface area contributed by atoms with Gasteiger partial charge in [0.2, 0.25) is 0 Å². The van der Waals surface area contributed by atoms with Crippen LogP contribution in [0.2, 0.25) is 0 Å². The maximum Gasteiger partial charge on any atom is 0.416 e. The molecule has 0 atom stereocenters. The van der Waals surface area contributed by atoms with E-state index >= 15 is 0 Å². The molecule has 0 unspecified atom stereocenters. The third-order valence-electron chi connectivity index (χ3n) is 7.03. The minimum absolute atomic E-state index is 0.0368. The Labute approximate surface area is 239 Å². The molecule has 2 heterocycles. The van der Waals surface area contributed by atoms with Crippen molar-refractivity contribution in [3.8, 4) is 0 Å². The highest BCUT2D eigenvalue weighted by Gasteiger charge is 2.37. The number of benzene rings is 2. The van der Waals surface area contributed by atoms with Crippen molar-refractivity contribution in [3.63, 3.8) is 0 Å². The molecule has 2 amide bonds. The van der Waals surface area contributed by atoms with Gasteiger partial charge in [-0.3, -0.25) is 9.59 Å². The monoisotopic (exact) mass is 595 g/mol. The van der Waals surface area contributed by atoms with E-state index in [-0.39, 0.29) is 23.2 Å². The van der Waals surface area contributed by atoms with Gasteiger partial charge in [-0.15, -0.1) is 0 Å². The Morgan fingerprint density at radius 2 is 1.60 bits per heavy atom. The van der Waals surface area contributed by atoms with Gasteiger partial charge < -0.3 is 19.5 Å². The average molecular weight is 596 g/mol. The van der Waals surface area contributed by atoms with Gasteiger partial charge in [0.05, 0.1) is 35.2 Å². The highest BCUT2D eigenvalue weighted by Crippen LogP contribution is 2.37. The van der Waals surface area contributed by atoms with Crippen LogP contribution in [0.3, 0.4) is 0 Å². The van der Waals surface area contributed by atoms with Gasteiger partial charge in [0.15, 0.2) is 0 Å². The molecule has 12 heteroatoms. The molecule has 1 aliphatic rings. The molecule has 0 aliphatic carbocycles. The summed E-state index contributed by atoms with van der Waals surface area (Å²) in [7, 11) is 0. The lowest BCUT2D eigenvalue weighted by atomic mass is 10.0. The molecule has 1 aromatic heterocycles. The molecule has 42 heavy (non-hydrogen) atoms. The highest BCUT2D eigenvalue weighted by molar-refractivity contribution is 6.06. The number of carbonyl (C=O) groups is 2. The average Bonchev–Trinajstić information content (AvgIpc) is 3.47. The van der Waals surface area contributed by atoms with E-state index in [9.17, 15) is 35.9 Å². The molecular formula is C30H31F6N3O3. The van der Waals surface area contributed by atoms with Crippen molar-refractivity contribution in [2.75, 3.05) is 29.9 Å². The van der Waals surface area contributed by atoms with Crippen molar-refractivity contribution in [3.05, 3.63) is 82.8 Å². The van der Waals surface area contributed by atoms with Crippen LogP contribution in [0.25, 0.3) is 0 Å². The molecule has 6 nitrogen and oxygen atoms in total. The largest absolute Gasteiger partial charge is 0.467 e. The minimum atomic E-state index is -5.10. The summed E-state index contributed by atoms with van der Waals surface area (Å²) in [5.41, 5.74) is -3.10. The summed E-state index contributed by atoms with van der Waals surface area (Å²) in [6, 6.07) is 8.78. The Bertz CT molecular complexity index is 1350. The second-order valence-corrected chi connectivity index (χ2v) is 10.2. The minimum Gasteiger partial charge on any atom is -0.467 e. The van der Waals surface area contributed by atoms with Crippen molar-refractivity contribution in [2.45, 2.75) is 57.9 Å². The first-order valence-corrected chi connectivity index (χ1v) is 13.7. The van der Waals surface area contributed by atoms with Gasteiger partial charge in [-0.1, -0.05) is 13.3 Å². The number of likely N-dealkylation sites (tertiary alicyclic amines) is 1. The molecule has 1 aliphatic heterocycles. The quantitative estimate of drug-likeness (QED) is 0.255. The summed E-state index contributed by atoms with van der Waals surface area (Å²) in [4.78, 5) is 30.4. The fraction of sp³-hybridized carbons (Fsp3) is 0.400. The fourth-order valence-corrected chi connectivity index (χ4v) is 4.84. The lowest BCUT2D eigenvalue weighted by Crippen LogP contribution is -2.37. The van der Waals surface area contributed by atoms with Crippen LogP contribution in [-0.4, -0.2) is 36.3 Å². The molecule has 0 radical (unpaired) electrons. The Hall–Kier alpha value is -3.96. The molecule has 1 saturated heterocycles. The first-order chi connectivity index (χ1) is 19.9. The van der Waals surface area contributed by atoms with Gasteiger partial charge in [-0.2, -0.15) is 26.3 Å². The van der Waals surface area contributed by atoms with Gasteiger partial charge in [0.25, 0.3) is 11.8 Å². The van der Waals surface area contributed by atoms with E-state index in [1.807, 2.05) is 17.9 Å². The van der Waals surface area contributed by atoms with Crippen molar-refractivity contribution in [1.82, 2.24) is 4.90 Å². The molecule has 1 N–H and O–H groups in total. The fourth-order valence-electron chi connectivity index (χ4n) is 4.84. The zero-order valence-electron chi connectivity index (χ0n) is 22.9. The number of hydrogen-bond donors (Lipinski definition) is 1. The zero-order valence-corrected chi connectivity index (χ0v) is 22.9. The van der Waals surface area contributed by atoms with Crippen LogP contribution in [0.4, 0.5) is 37.7 Å². The molecule has 1 fully saturated rings. The second-order valence-electron chi connectivity index (χ2n) is 10.2. The van der Waals surface area contributed by atoms with Crippen LogP contribution in [0.5, 0.6) is 0 Å². The Morgan fingerprint density at radius 3 is 2.17 bits per heavy atom. The standard InChI is InChI=1S/C30H31F6N3O3/c1-2-3-11-39(19-24-8-7-14-42-24)26-10-9-23(18-25(26)28(41)38-12-5-4-6-13-38)37-27(40)20-15-21(29(31,32)33)17-22(16-20)30(34,35)36/h7-10,14-18H,2-6,11-13,19H2,1H3,(H,37,40). The number of anilines is 2. The van der Waals surface area contributed by atoms with Gasteiger partial charge in [0.1, 0.15) is 5.76 Å². The van der Waals surface area contributed by atoms with Crippen LogP contribution in [0, 0.1) is 0 Å². The summed E-state index contributed by atoms with van der Waals surface area (Å²) in [6.45, 7) is 4.08. The third-order valence-corrected chi connectivity index (χ3v) is 7.03. The summed E-state index contributed by atoms with van der Waals surface area (Å²) in [5.74, 6) is -0.779. The molecule has 2 aromatic carbocycles. The lowest BCUT2D eigenvalue weighted by Gasteiger charge is -2.31. The van der Waals surface area contributed by atoms with E-state index in [4.69, 9.17) is 4.42 Å². The molecular weight excluding hydrogens is 564 g/mol. The van der Waals surface area contributed by atoms with E-state index in [0.29, 0.717) is 49.8 Å². The van der Waals surface area contributed by atoms with Gasteiger partial charge in [0, 0.05) is 30.9 Å². The number of nitrogens with zero attached hydrogens (tertiary/aromatic N) is 2. The number of piperidine rings is 1. The Morgan fingerprint density at radius 1 is 0.929 bits per heavy atom. The van der Waals surface area contributed by atoms with Crippen molar-refractivity contribution >= 4 is 23.2 Å². The number of nitrogens with one attached hydrogen (secondary N) is 1. The Balaban J connectivity index is 1.71. The van der Waals surface area contributed by atoms with Crippen molar-refractivity contribution < 1.29 is 40.3 Å². The summed E-state index contributed by atoms with van der Waals surface area (Å²) >= 11 is 0. The summed E-state index contributed by atoms with van der Waals surface area (Å²) < 4.78 is 85.5. The normalized spacial score (nSPS) is 14.1. The van der Waals surface area contributed by atoms with E-state index in [1.165, 1.54) is 12.1 Å². The van der Waals surface area contributed by atoms with Crippen LogP contribution in [0.15, 0.2) is 59.2 Å². The van der Waals surface area contributed by atoms with Crippen molar-refractivity contribution in [1.29, 1.82) is 0 Å².